The van der Waals surface area contributed by atoms with E-state index in [2.05, 4.69) is 10.2 Å². The Bertz CT molecular complexity index is 280. The molecule has 0 unspecified atom stereocenters. The number of nitrogens with one attached hydrogen (secondary N) is 1. The van der Waals surface area contributed by atoms with Gasteiger partial charge in [-0.1, -0.05) is 0 Å². The molecule has 2 aliphatic heterocycles. The van der Waals surface area contributed by atoms with Gasteiger partial charge in [0.15, 0.2) is 0 Å². The molecule has 2 fully saturated rings. The van der Waals surface area contributed by atoms with Crippen molar-refractivity contribution in [1.29, 1.82) is 0 Å². The van der Waals surface area contributed by atoms with Crippen LogP contribution in [0.15, 0.2) is 0 Å². The van der Waals surface area contributed by atoms with Gasteiger partial charge in [0.25, 0.3) is 6.17 Å². The topological polar surface area (TPSA) is 36.7 Å². The summed E-state index contributed by atoms with van der Waals surface area (Å²) in [6.07, 6.45) is -0.0564. The maximum Gasteiger partial charge on any atom is 0.287 e. The van der Waals surface area contributed by atoms with Crippen LogP contribution in [0.25, 0.3) is 4.85 Å². The molecule has 1 atom stereocenters. The van der Waals surface area contributed by atoms with Crippen LogP contribution < -0.4 is 5.32 Å². The highest BCUT2D eigenvalue weighted by atomic mass is 32.2. The SMILES string of the molecule is [C-]#[N+][C@@H]1CSC2(CN(C(C)=O)C2)N1. The quantitative estimate of drug-likeness (QED) is 0.561. The van der Waals surface area contributed by atoms with Crippen molar-refractivity contribution in [2.75, 3.05) is 18.8 Å². The van der Waals surface area contributed by atoms with Gasteiger partial charge in [0, 0.05) is 6.92 Å². The third kappa shape index (κ3) is 1.40. The van der Waals surface area contributed by atoms with E-state index in [1.54, 1.807) is 23.6 Å². The summed E-state index contributed by atoms with van der Waals surface area (Å²) >= 11 is 1.77. The lowest BCUT2D eigenvalue weighted by molar-refractivity contribution is -0.134. The zero-order valence-electron chi connectivity index (χ0n) is 7.41. The summed E-state index contributed by atoms with van der Waals surface area (Å²) in [5.74, 6) is 0.967. The molecule has 1 amide bonds. The Morgan fingerprint density at radius 3 is 2.92 bits per heavy atom. The van der Waals surface area contributed by atoms with Crippen molar-refractivity contribution in [3.05, 3.63) is 11.4 Å². The minimum Gasteiger partial charge on any atom is -0.337 e. The molecule has 0 aliphatic carbocycles. The Labute approximate surface area is 81.5 Å². The second-order valence-electron chi connectivity index (χ2n) is 3.47. The first-order valence-electron chi connectivity index (χ1n) is 4.19. The summed E-state index contributed by atoms with van der Waals surface area (Å²) in [5.41, 5.74) is 0. The molecule has 2 aliphatic rings. The first kappa shape index (κ1) is 8.85. The Balaban J connectivity index is 1.92. The van der Waals surface area contributed by atoms with Crippen LogP contribution in [0.2, 0.25) is 0 Å². The van der Waals surface area contributed by atoms with Gasteiger partial charge in [0.05, 0.1) is 18.8 Å². The van der Waals surface area contributed by atoms with E-state index in [1.165, 1.54) is 0 Å². The fraction of sp³-hybridized carbons (Fsp3) is 0.750. The van der Waals surface area contributed by atoms with Crippen molar-refractivity contribution in [1.82, 2.24) is 10.2 Å². The Hall–Kier alpha value is -0.730. The van der Waals surface area contributed by atoms with E-state index in [0.29, 0.717) is 0 Å². The second-order valence-corrected chi connectivity index (χ2v) is 4.87. The first-order valence-corrected chi connectivity index (χ1v) is 5.17. The molecule has 0 radical (unpaired) electrons. The molecular weight excluding hydrogens is 186 g/mol. The smallest absolute Gasteiger partial charge is 0.287 e. The van der Waals surface area contributed by atoms with Gasteiger partial charge in [-0.25, -0.2) is 11.9 Å². The highest BCUT2D eigenvalue weighted by Crippen LogP contribution is 2.38. The van der Waals surface area contributed by atoms with Crippen LogP contribution in [-0.2, 0) is 4.79 Å². The molecule has 13 heavy (non-hydrogen) atoms. The second kappa shape index (κ2) is 2.89. The Kier molecular flexibility index (Phi) is 1.97. The van der Waals surface area contributed by atoms with Crippen molar-refractivity contribution in [3.8, 4) is 0 Å². The van der Waals surface area contributed by atoms with Gasteiger partial charge in [0.2, 0.25) is 5.91 Å². The maximum atomic E-state index is 10.9. The number of hydrogen-bond donors (Lipinski definition) is 1. The molecule has 0 aromatic rings. The number of amides is 1. The molecule has 1 N–H and O–H groups in total. The summed E-state index contributed by atoms with van der Waals surface area (Å²) in [7, 11) is 0. The van der Waals surface area contributed by atoms with Gasteiger partial charge in [-0.2, -0.15) is 0 Å². The lowest BCUT2D eigenvalue weighted by Crippen LogP contribution is -2.66. The molecule has 0 saturated carbocycles. The molecule has 0 aromatic heterocycles. The number of rotatable bonds is 0. The van der Waals surface area contributed by atoms with E-state index in [9.17, 15) is 4.79 Å². The van der Waals surface area contributed by atoms with Gasteiger partial charge >= 0.3 is 0 Å². The molecule has 5 heteroatoms. The van der Waals surface area contributed by atoms with Crippen molar-refractivity contribution in [3.63, 3.8) is 0 Å². The minimum atomic E-state index is -0.0564. The van der Waals surface area contributed by atoms with E-state index < -0.39 is 0 Å². The van der Waals surface area contributed by atoms with E-state index in [0.717, 1.165) is 18.8 Å². The van der Waals surface area contributed by atoms with E-state index in [4.69, 9.17) is 6.57 Å². The van der Waals surface area contributed by atoms with E-state index in [1.807, 2.05) is 0 Å². The summed E-state index contributed by atoms with van der Waals surface area (Å²) in [5, 5.41) is 3.25. The number of hydrogen-bond acceptors (Lipinski definition) is 3. The highest BCUT2D eigenvalue weighted by molar-refractivity contribution is 8.01. The lowest BCUT2D eigenvalue weighted by Gasteiger charge is -2.46. The normalized spacial score (nSPS) is 29.8. The number of carbonyl (C=O) groups excluding carboxylic acids is 1. The fourth-order valence-electron chi connectivity index (χ4n) is 1.67. The van der Waals surface area contributed by atoms with Crippen LogP contribution >= 0.6 is 11.8 Å². The number of nitrogens with zero attached hydrogens (tertiary/aromatic N) is 2. The van der Waals surface area contributed by atoms with Crippen LogP contribution in [0.5, 0.6) is 0 Å². The number of thioether (sulfide) groups is 1. The van der Waals surface area contributed by atoms with E-state index >= 15 is 0 Å². The summed E-state index contributed by atoms with van der Waals surface area (Å²) in [4.78, 5) is 16.2. The number of carbonyl (C=O) groups is 1. The molecule has 4 nitrogen and oxygen atoms in total. The molecule has 0 aromatic carbocycles. The van der Waals surface area contributed by atoms with Crippen molar-refractivity contribution in [2.24, 2.45) is 0 Å². The van der Waals surface area contributed by atoms with Gasteiger partial charge in [-0.05, 0) is 0 Å². The van der Waals surface area contributed by atoms with Gasteiger partial charge < -0.3 is 4.90 Å². The van der Waals surface area contributed by atoms with E-state index in [-0.39, 0.29) is 16.9 Å². The first-order chi connectivity index (χ1) is 6.15. The van der Waals surface area contributed by atoms with Crippen molar-refractivity contribution in [2.45, 2.75) is 18.0 Å². The third-order valence-electron chi connectivity index (χ3n) is 2.44. The largest absolute Gasteiger partial charge is 0.337 e. The predicted molar refractivity (Wildman–Crippen MR) is 51.0 cm³/mol. The molecule has 2 heterocycles. The predicted octanol–water partition coefficient (Wildman–Crippen LogP) is 0.127. The maximum absolute atomic E-state index is 10.9. The van der Waals surface area contributed by atoms with Crippen LogP contribution in [0.4, 0.5) is 0 Å². The molecular formula is C8H11N3OS. The van der Waals surface area contributed by atoms with Crippen LogP contribution in [-0.4, -0.2) is 40.7 Å². The zero-order valence-corrected chi connectivity index (χ0v) is 8.23. The van der Waals surface area contributed by atoms with Gasteiger partial charge in [-0.15, -0.1) is 11.8 Å². The van der Waals surface area contributed by atoms with Crippen molar-refractivity contribution >= 4 is 17.7 Å². The standard InChI is InChI=1S/C8H11N3OS/c1-6(12)11-4-8(5-11)10-7(9-2)3-13-8/h7,10H,3-5H2,1H3/t7-/m0/s1. The summed E-state index contributed by atoms with van der Waals surface area (Å²) in [6, 6.07) is 0. The monoisotopic (exact) mass is 197 g/mol. The van der Waals surface area contributed by atoms with Crippen molar-refractivity contribution < 1.29 is 4.79 Å². The van der Waals surface area contributed by atoms with Crippen LogP contribution in [0.1, 0.15) is 6.92 Å². The fourth-order valence-corrected chi connectivity index (χ4v) is 3.02. The Morgan fingerprint density at radius 1 is 1.77 bits per heavy atom. The molecule has 2 rings (SSSR count). The van der Waals surface area contributed by atoms with Crippen LogP contribution in [0, 0.1) is 6.57 Å². The molecule has 70 valence electrons. The average molecular weight is 197 g/mol. The van der Waals surface area contributed by atoms with Crippen LogP contribution in [0.3, 0.4) is 0 Å². The number of likely N-dealkylation sites (tertiary alicyclic amines) is 1. The minimum absolute atomic E-state index is 0.000880. The molecule has 2 saturated heterocycles. The Morgan fingerprint density at radius 2 is 2.46 bits per heavy atom. The lowest BCUT2D eigenvalue weighted by atomic mass is 10.1. The third-order valence-corrected chi connectivity index (χ3v) is 3.85. The molecule has 0 bridgehead atoms. The zero-order chi connectivity index (χ0) is 9.47. The van der Waals surface area contributed by atoms with Gasteiger partial charge in [0.1, 0.15) is 4.87 Å². The summed E-state index contributed by atoms with van der Waals surface area (Å²) in [6.45, 7) is 9.96. The summed E-state index contributed by atoms with van der Waals surface area (Å²) < 4.78 is 0. The highest BCUT2D eigenvalue weighted by Gasteiger charge is 2.51. The average Bonchev–Trinajstić information content (AvgIpc) is 2.44. The van der Waals surface area contributed by atoms with Gasteiger partial charge in [-0.3, -0.25) is 9.64 Å². The molecule has 1 spiro atoms.